The Morgan fingerprint density at radius 2 is 2.04 bits per heavy atom. The highest BCUT2D eigenvalue weighted by molar-refractivity contribution is 6.02. The van der Waals surface area contributed by atoms with Crippen LogP contribution in [0.25, 0.3) is 0 Å². The number of amides is 2. The summed E-state index contributed by atoms with van der Waals surface area (Å²) in [7, 11) is 0. The molecule has 1 saturated heterocycles. The minimum Gasteiger partial charge on any atom is -0.481 e. The Kier molecular flexibility index (Phi) is 5.88. The Hall–Kier alpha value is -2.41. The Morgan fingerprint density at radius 3 is 2.77 bits per heavy atom. The van der Waals surface area contributed by atoms with Crippen molar-refractivity contribution in [3.05, 3.63) is 34.9 Å². The molecule has 2 heterocycles. The predicted octanol–water partition coefficient (Wildman–Crippen LogP) is 1.24. The van der Waals surface area contributed by atoms with Crippen LogP contribution in [0, 0.1) is 5.92 Å². The van der Waals surface area contributed by atoms with Gasteiger partial charge in [-0.05, 0) is 56.0 Å². The number of rotatable bonds is 7. The molecule has 140 valence electrons. The van der Waals surface area contributed by atoms with Crippen molar-refractivity contribution in [2.45, 2.75) is 32.2 Å². The van der Waals surface area contributed by atoms with Gasteiger partial charge in [-0.15, -0.1) is 0 Å². The molecule has 1 aromatic carbocycles. The lowest BCUT2D eigenvalue weighted by Crippen LogP contribution is -2.31. The van der Waals surface area contributed by atoms with Gasteiger partial charge in [0.15, 0.2) is 0 Å². The van der Waals surface area contributed by atoms with E-state index in [2.05, 4.69) is 10.6 Å². The number of nitrogens with one attached hydrogen (secondary N) is 2. The lowest BCUT2D eigenvalue weighted by molar-refractivity contribution is -0.136. The number of fused-ring (bicyclic) bond motifs is 1. The Labute approximate surface area is 152 Å². The second-order valence-corrected chi connectivity index (χ2v) is 6.98. The summed E-state index contributed by atoms with van der Waals surface area (Å²) in [5.74, 6) is -0.661. The molecule has 0 radical (unpaired) electrons. The quantitative estimate of drug-likeness (QED) is 0.680. The van der Waals surface area contributed by atoms with Gasteiger partial charge in [0.05, 0.1) is 6.42 Å². The molecule has 2 amide bonds. The van der Waals surface area contributed by atoms with Crippen molar-refractivity contribution in [3.63, 3.8) is 0 Å². The second-order valence-electron chi connectivity index (χ2n) is 6.98. The topological polar surface area (TPSA) is 98.7 Å². The van der Waals surface area contributed by atoms with E-state index in [4.69, 9.17) is 5.11 Å². The van der Waals surface area contributed by atoms with Crippen LogP contribution < -0.4 is 10.6 Å². The van der Waals surface area contributed by atoms with E-state index in [9.17, 15) is 14.4 Å². The largest absolute Gasteiger partial charge is 0.481 e. The average Bonchev–Trinajstić information content (AvgIpc) is 2.96. The number of carboxylic acid groups (broad SMARTS) is 1. The fraction of sp³-hybridized carbons (Fsp3) is 0.526. The number of hydrogen-bond donors (Lipinski definition) is 3. The number of piperidine rings is 1. The molecule has 2 aliphatic rings. The first kappa shape index (κ1) is 18.4. The van der Waals surface area contributed by atoms with Gasteiger partial charge >= 0.3 is 5.97 Å². The zero-order valence-electron chi connectivity index (χ0n) is 14.8. The van der Waals surface area contributed by atoms with Crippen molar-refractivity contribution in [1.82, 2.24) is 15.5 Å². The van der Waals surface area contributed by atoms with E-state index in [0.717, 1.165) is 44.5 Å². The first-order valence-electron chi connectivity index (χ1n) is 9.17. The van der Waals surface area contributed by atoms with Gasteiger partial charge in [-0.1, -0.05) is 6.07 Å². The normalized spacial score (nSPS) is 17.2. The molecule has 0 bridgehead atoms. The molecule has 2 aliphatic heterocycles. The highest BCUT2D eigenvalue weighted by Gasteiger charge is 2.28. The highest BCUT2D eigenvalue weighted by atomic mass is 16.4. The van der Waals surface area contributed by atoms with Gasteiger partial charge in [-0.3, -0.25) is 14.4 Å². The summed E-state index contributed by atoms with van der Waals surface area (Å²) >= 11 is 0. The van der Waals surface area contributed by atoms with Crippen LogP contribution in [-0.2, 0) is 11.3 Å². The molecule has 26 heavy (non-hydrogen) atoms. The van der Waals surface area contributed by atoms with Gasteiger partial charge in [-0.2, -0.15) is 0 Å². The van der Waals surface area contributed by atoms with Gasteiger partial charge in [0.25, 0.3) is 11.8 Å². The molecule has 0 saturated carbocycles. The molecular formula is C19H25N3O4. The second kappa shape index (κ2) is 8.31. The third-order valence-electron chi connectivity index (χ3n) is 5.14. The van der Waals surface area contributed by atoms with Crippen molar-refractivity contribution in [2.24, 2.45) is 5.92 Å². The van der Waals surface area contributed by atoms with Crippen molar-refractivity contribution >= 4 is 17.8 Å². The van der Waals surface area contributed by atoms with Crippen LogP contribution in [0.15, 0.2) is 18.2 Å². The predicted molar refractivity (Wildman–Crippen MR) is 96.0 cm³/mol. The number of aliphatic carboxylic acids is 1. The fourth-order valence-electron chi connectivity index (χ4n) is 3.58. The SMILES string of the molecule is O=C(O)CCNC(=O)c1ccc2c(c1)C(=O)N(CCC1CCNCC1)C2. The van der Waals surface area contributed by atoms with Crippen LogP contribution in [0.5, 0.6) is 0 Å². The van der Waals surface area contributed by atoms with E-state index in [1.54, 1.807) is 12.1 Å². The molecule has 0 aliphatic carbocycles. The number of benzene rings is 1. The number of nitrogens with zero attached hydrogens (tertiary/aromatic N) is 1. The molecule has 0 atom stereocenters. The summed E-state index contributed by atoms with van der Waals surface area (Å²) in [4.78, 5) is 37.1. The Balaban J connectivity index is 1.57. The van der Waals surface area contributed by atoms with Gasteiger partial charge in [0.1, 0.15) is 0 Å². The highest BCUT2D eigenvalue weighted by Crippen LogP contribution is 2.26. The smallest absolute Gasteiger partial charge is 0.305 e. The van der Waals surface area contributed by atoms with Crippen molar-refractivity contribution < 1.29 is 19.5 Å². The van der Waals surface area contributed by atoms with Gasteiger partial charge in [-0.25, -0.2) is 0 Å². The van der Waals surface area contributed by atoms with Gasteiger partial charge in [0.2, 0.25) is 0 Å². The number of carbonyl (C=O) groups is 3. The first-order chi connectivity index (χ1) is 12.5. The van der Waals surface area contributed by atoms with E-state index in [1.807, 2.05) is 11.0 Å². The number of carboxylic acids is 1. The average molecular weight is 359 g/mol. The zero-order valence-corrected chi connectivity index (χ0v) is 14.8. The van der Waals surface area contributed by atoms with Gasteiger partial charge < -0.3 is 20.6 Å². The summed E-state index contributed by atoms with van der Waals surface area (Å²) in [5, 5.41) is 14.5. The number of hydrogen-bond acceptors (Lipinski definition) is 4. The lowest BCUT2D eigenvalue weighted by Gasteiger charge is -2.25. The van der Waals surface area contributed by atoms with Crippen LogP contribution in [0.4, 0.5) is 0 Å². The van der Waals surface area contributed by atoms with Crippen molar-refractivity contribution in [1.29, 1.82) is 0 Å². The summed E-state index contributed by atoms with van der Waals surface area (Å²) in [6, 6.07) is 5.14. The fourth-order valence-corrected chi connectivity index (χ4v) is 3.58. The molecule has 7 nitrogen and oxygen atoms in total. The summed E-state index contributed by atoms with van der Waals surface area (Å²) in [6.07, 6.45) is 3.22. The van der Waals surface area contributed by atoms with E-state index in [1.165, 1.54) is 0 Å². The third-order valence-corrected chi connectivity index (χ3v) is 5.14. The number of carbonyl (C=O) groups excluding carboxylic acids is 2. The molecule has 1 fully saturated rings. The molecule has 3 rings (SSSR count). The van der Waals surface area contributed by atoms with Crippen LogP contribution in [0.3, 0.4) is 0 Å². The zero-order chi connectivity index (χ0) is 18.5. The molecule has 3 N–H and O–H groups in total. The summed E-state index contributed by atoms with van der Waals surface area (Å²) in [6.45, 7) is 3.53. The molecule has 0 spiro atoms. The van der Waals surface area contributed by atoms with Gasteiger partial charge in [0, 0.05) is 30.8 Å². The molecule has 1 aromatic rings. The van der Waals surface area contributed by atoms with E-state index in [0.29, 0.717) is 23.6 Å². The Morgan fingerprint density at radius 1 is 1.27 bits per heavy atom. The first-order valence-corrected chi connectivity index (χ1v) is 9.17. The van der Waals surface area contributed by atoms with Crippen LogP contribution in [0.2, 0.25) is 0 Å². The van der Waals surface area contributed by atoms with E-state index in [-0.39, 0.29) is 24.8 Å². The van der Waals surface area contributed by atoms with Crippen molar-refractivity contribution in [3.8, 4) is 0 Å². The minimum absolute atomic E-state index is 0.0193. The van der Waals surface area contributed by atoms with Crippen LogP contribution in [0.1, 0.15) is 52.0 Å². The van der Waals surface area contributed by atoms with Crippen molar-refractivity contribution in [2.75, 3.05) is 26.2 Å². The van der Waals surface area contributed by atoms with Crippen LogP contribution >= 0.6 is 0 Å². The lowest BCUT2D eigenvalue weighted by atomic mass is 9.94. The third kappa shape index (κ3) is 4.40. The van der Waals surface area contributed by atoms with E-state index >= 15 is 0 Å². The van der Waals surface area contributed by atoms with Crippen LogP contribution in [-0.4, -0.2) is 54.0 Å². The maximum Gasteiger partial charge on any atom is 0.305 e. The molecule has 0 aromatic heterocycles. The maximum absolute atomic E-state index is 12.7. The monoisotopic (exact) mass is 359 g/mol. The Bertz CT molecular complexity index is 698. The molecule has 7 heteroatoms. The molecular weight excluding hydrogens is 334 g/mol. The standard InChI is InChI=1S/C19H25N3O4/c23-17(24)5-9-21-18(25)14-1-2-15-12-22(19(26)16(15)11-14)10-6-13-3-7-20-8-4-13/h1-2,11,13,20H,3-10,12H2,(H,21,25)(H,23,24). The van der Waals surface area contributed by atoms with E-state index < -0.39 is 5.97 Å². The summed E-state index contributed by atoms with van der Waals surface area (Å²) in [5.41, 5.74) is 1.92. The summed E-state index contributed by atoms with van der Waals surface area (Å²) < 4.78 is 0. The minimum atomic E-state index is -0.959. The molecule has 0 unspecified atom stereocenters. The maximum atomic E-state index is 12.7.